The van der Waals surface area contributed by atoms with E-state index >= 15 is 0 Å². The van der Waals surface area contributed by atoms with Gasteiger partial charge in [0.2, 0.25) is 0 Å². The molecule has 1 aliphatic rings. The van der Waals surface area contributed by atoms with E-state index in [1.807, 2.05) is 0 Å². The summed E-state index contributed by atoms with van der Waals surface area (Å²) in [6.45, 7) is 4.68. The molecule has 1 fully saturated rings. The van der Waals surface area contributed by atoms with E-state index in [0.29, 0.717) is 0 Å². The Morgan fingerprint density at radius 1 is 1.00 bits per heavy atom. The van der Waals surface area contributed by atoms with Crippen molar-refractivity contribution in [3.63, 3.8) is 0 Å². The third-order valence-corrected chi connectivity index (χ3v) is 5.19. The first-order chi connectivity index (χ1) is 9.60. The molecule has 0 aromatic heterocycles. The molecule has 0 aliphatic heterocycles. The van der Waals surface area contributed by atoms with Crippen LogP contribution in [0.5, 0.6) is 0 Å². The van der Waals surface area contributed by atoms with Gasteiger partial charge in [0.1, 0.15) is 0 Å². The quantitative estimate of drug-likeness (QED) is 0.827. The molecular formula is C19H25N. The summed E-state index contributed by atoms with van der Waals surface area (Å²) in [6.07, 6.45) is 4.75. The van der Waals surface area contributed by atoms with Crippen LogP contribution >= 0.6 is 0 Å². The molecule has 0 spiro atoms. The summed E-state index contributed by atoms with van der Waals surface area (Å²) in [5.74, 6) is 1.63. The molecule has 2 N–H and O–H groups in total. The molecule has 0 atom stereocenters. The van der Waals surface area contributed by atoms with Crippen molar-refractivity contribution in [1.82, 2.24) is 0 Å². The number of hydrogen-bond donors (Lipinski definition) is 1. The highest BCUT2D eigenvalue weighted by molar-refractivity contribution is 5.86. The summed E-state index contributed by atoms with van der Waals surface area (Å²) in [4.78, 5) is 0. The van der Waals surface area contributed by atoms with Gasteiger partial charge in [-0.05, 0) is 53.9 Å². The topological polar surface area (TPSA) is 26.0 Å². The van der Waals surface area contributed by atoms with Gasteiger partial charge in [0.15, 0.2) is 0 Å². The minimum atomic E-state index is -0.133. The van der Waals surface area contributed by atoms with Crippen molar-refractivity contribution < 1.29 is 0 Å². The lowest BCUT2D eigenvalue weighted by atomic mass is 9.70. The van der Waals surface area contributed by atoms with Crippen LogP contribution in [0.25, 0.3) is 10.8 Å². The Morgan fingerprint density at radius 3 is 2.35 bits per heavy atom. The monoisotopic (exact) mass is 267 g/mol. The lowest BCUT2D eigenvalue weighted by Crippen LogP contribution is -2.41. The molecule has 1 heteroatoms. The first-order valence-electron chi connectivity index (χ1n) is 7.87. The molecule has 2 aromatic rings. The molecule has 1 nitrogen and oxygen atoms in total. The summed E-state index contributed by atoms with van der Waals surface area (Å²) >= 11 is 0. The van der Waals surface area contributed by atoms with E-state index in [0.717, 1.165) is 24.7 Å². The van der Waals surface area contributed by atoms with Gasteiger partial charge in [-0.15, -0.1) is 0 Å². The molecule has 106 valence electrons. The largest absolute Gasteiger partial charge is 0.321 e. The summed E-state index contributed by atoms with van der Waals surface area (Å²) in [6, 6.07) is 15.2. The van der Waals surface area contributed by atoms with Crippen LogP contribution in [-0.2, 0) is 5.54 Å². The molecule has 1 saturated carbocycles. The first-order valence-corrected chi connectivity index (χ1v) is 7.87. The maximum Gasteiger partial charge on any atom is 0.0416 e. The van der Waals surface area contributed by atoms with Gasteiger partial charge in [0.05, 0.1) is 0 Å². The van der Waals surface area contributed by atoms with Crippen LogP contribution in [0.4, 0.5) is 0 Å². The summed E-state index contributed by atoms with van der Waals surface area (Å²) < 4.78 is 0. The van der Waals surface area contributed by atoms with E-state index in [-0.39, 0.29) is 5.54 Å². The highest BCUT2D eigenvalue weighted by Crippen LogP contribution is 2.42. The predicted molar refractivity (Wildman–Crippen MR) is 86.6 cm³/mol. The second-order valence-corrected chi connectivity index (χ2v) is 6.76. The van der Waals surface area contributed by atoms with Crippen molar-refractivity contribution >= 4 is 10.8 Å². The zero-order valence-corrected chi connectivity index (χ0v) is 12.6. The lowest BCUT2D eigenvalue weighted by molar-refractivity contribution is 0.197. The van der Waals surface area contributed by atoms with Gasteiger partial charge in [0.25, 0.3) is 0 Å². The lowest BCUT2D eigenvalue weighted by Gasteiger charge is -2.39. The van der Waals surface area contributed by atoms with Crippen LogP contribution in [0.15, 0.2) is 42.5 Å². The summed E-state index contributed by atoms with van der Waals surface area (Å²) in [7, 11) is 0. The normalized spacial score (nSPS) is 27.1. The Kier molecular flexibility index (Phi) is 3.55. The van der Waals surface area contributed by atoms with E-state index in [9.17, 15) is 0 Å². The number of benzene rings is 2. The van der Waals surface area contributed by atoms with Gasteiger partial charge >= 0.3 is 0 Å². The van der Waals surface area contributed by atoms with E-state index in [1.165, 1.54) is 29.2 Å². The van der Waals surface area contributed by atoms with E-state index < -0.39 is 0 Å². The molecule has 3 rings (SSSR count). The Labute approximate surface area is 122 Å². The van der Waals surface area contributed by atoms with Gasteiger partial charge in [-0.1, -0.05) is 56.3 Å². The average Bonchev–Trinajstić information content (AvgIpc) is 2.47. The molecule has 0 unspecified atom stereocenters. The van der Waals surface area contributed by atoms with Gasteiger partial charge in [0, 0.05) is 5.54 Å². The van der Waals surface area contributed by atoms with Crippen molar-refractivity contribution in [2.45, 2.75) is 45.1 Å². The van der Waals surface area contributed by atoms with Gasteiger partial charge < -0.3 is 5.73 Å². The number of rotatable bonds is 2. The Bertz CT molecular complexity index is 586. The van der Waals surface area contributed by atoms with E-state index in [1.54, 1.807) is 0 Å². The Morgan fingerprint density at radius 2 is 1.65 bits per heavy atom. The van der Waals surface area contributed by atoms with Gasteiger partial charge in [-0.3, -0.25) is 0 Å². The maximum absolute atomic E-state index is 6.81. The van der Waals surface area contributed by atoms with Crippen LogP contribution in [-0.4, -0.2) is 0 Å². The summed E-state index contributed by atoms with van der Waals surface area (Å²) in [5.41, 5.74) is 8.02. The molecule has 1 aliphatic carbocycles. The highest BCUT2D eigenvalue weighted by atomic mass is 14.7. The van der Waals surface area contributed by atoms with Gasteiger partial charge in [-0.25, -0.2) is 0 Å². The third-order valence-electron chi connectivity index (χ3n) is 5.19. The fraction of sp³-hybridized carbons (Fsp3) is 0.474. The minimum Gasteiger partial charge on any atom is -0.321 e. The minimum absolute atomic E-state index is 0.133. The first kappa shape index (κ1) is 13.6. The van der Waals surface area contributed by atoms with Crippen LogP contribution in [0.3, 0.4) is 0 Å². The second-order valence-electron chi connectivity index (χ2n) is 6.76. The number of hydrogen-bond acceptors (Lipinski definition) is 1. The molecular weight excluding hydrogens is 242 g/mol. The molecule has 0 saturated heterocycles. The van der Waals surface area contributed by atoms with Crippen LogP contribution in [0, 0.1) is 11.8 Å². The van der Waals surface area contributed by atoms with Crippen molar-refractivity contribution in [2.75, 3.05) is 0 Å². The van der Waals surface area contributed by atoms with Crippen molar-refractivity contribution in [3.8, 4) is 0 Å². The number of nitrogens with two attached hydrogens (primary N) is 1. The second kappa shape index (κ2) is 5.21. The highest BCUT2D eigenvalue weighted by Gasteiger charge is 2.34. The zero-order chi connectivity index (χ0) is 14.2. The van der Waals surface area contributed by atoms with Crippen LogP contribution in [0.1, 0.15) is 45.1 Å². The maximum atomic E-state index is 6.81. The van der Waals surface area contributed by atoms with Crippen molar-refractivity contribution in [3.05, 3.63) is 48.0 Å². The molecule has 20 heavy (non-hydrogen) atoms. The molecule has 2 aromatic carbocycles. The van der Waals surface area contributed by atoms with E-state index in [2.05, 4.69) is 56.3 Å². The van der Waals surface area contributed by atoms with E-state index in [4.69, 9.17) is 5.73 Å². The van der Waals surface area contributed by atoms with Crippen molar-refractivity contribution in [1.29, 1.82) is 0 Å². The number of fused-ring (bicyclic) bond motifs is 1. The third kappa shape index (κ3) is 2.35. The molecule has 0 heterocycles. The molecule has 0 amide bonds. The standard InChI is InChI=1S/C19H25N/c1-14(2)15-10-12-19(20,13-11-15)18-9-5-7-16-6-3-4-8-17(16)18/h3-9,14-15H,10-13,20H2,1-2H3. The van der Waals surface area contributed by atoms with Crippen LogP contribution < -0.4 is 5.73 Å². The fourth-order valence-electron chi connectivity index (χ4n) is 3.75. The average molecular weight is 267 g/mol. The summed E-state index contributed by atoms with van der Waals surface area (Å²) in [5, 5.41) is 2.64. The SMILES string of the molecule is CC(C)C1CCC(N)(c2cccc3ccccc23)CC1. The molecule has 0 bridgehead atoms. The molecule has 0 radical (unpaired) electrons. The van der Waals surface area contributed by atoms with Gasteiger partial charge in [-0.2, -0.15) is 0 Å². The van der Waals surface area contributed by atoms with Crippen LogP contribution in [0.2, 0.25) is 0 Å². The smallest absolute Gasteiger partial charge is 0.0416 e. The Balaban J connectivity index is 1.95. The zero-order valence-electron chi connectivity index (χ0n) is 12.6. The predicted octanol–water partition coefficient (Wildman–Crippen LogP) is 4.84. The van der Waals surface area contributed by atoms with Crippen molar-refractivity contribution in [2.24, 2.45) is 17.6 Å². The fourth-order valence-corrected chi connectivity index (χ4v) is 3.75. The Hall–Kier alpha value is -1.34.